The van der Waals surface area contributed by atoms with Gasteiger partial charge in [0.05, 0.1) is 13.2 Å². The molecule has 5 nitrogen and oxygen atoms in total. The maximum Gasteiger partial charge on any atom is 0.149 e. The first-order chi connectivity index (χ1) is 11.1. The molecule has 2 aliphatic rings. The second-order valence-electron chi connectivity index (χ2n) is 7.48. The van der Waals surface area contributed by atoms with Crippen LogP contribution < -0.4 is 0 Å². The lowest BCUT2D eigenvalue weighted by Gasteiger charge is -2.38. The summed E-state index contributed by atoms with van der Waals surface area (Å²) in [4.78, 5) is 19.3. The summed E-state index contributed by atoms with van der Waals surface area (Å²) < 4.78 is 5.16. The van der Waals surface area contributed by atoms with Gasteiger partial charge in [-0.2, -0.15) is 0 Å². The minimum absolute atomic E-state index is 0.169. The lowest BCUT2D eigenvalue weighted by Crippen LogP contribution is -2.49. The number of hydrogen-bond acceptors (Lipinski definition) is 5. The number of nitrogens with zero attached hydrogens (tertiary/aromatic N) is 3. The number of piperazine rings is 1. The Kier molecular flexibility index (Phi) is 7.96. The molecule has 0 aliphatic carbocycles. The van der Waals surface area contributed by atoms with E-state index in [1.807, 2.05) is 13.8 Å². The van der Waals surface area contributed by atoms with Crippen molar-refractivity contribution in [2.45, 2.75) is 26.7 Å². The van der Waals surface area contributed by atoms with E-state index in [1.54, 1.807) is 7.11 Å². The highest BCUT2D eigenvalue weighted by Gasteiger charge is 2.24. The van der Waals surface area contributed by atoms with Crippen molar-refractivity contribution in [3.05, 3.63) is 0 Å². The molecule has 0 unspecified atom stereocenters. The summed E-state index contributed by atoms with van der Waals surface area (Å²) in [7, 11) is 1.78. The van der Waals surface area contributed by atoms with Crippen molar-refractivity contribution < 1.29 is 9.53 Å². The molecule has 2 heterocycles. The van der Waals surface area contributed by atoms with E-state index in [-0.39, 0.29) is 5.92 Å². The third kappa shape index (κ3) is 6.49. The quantitative estimate of drug-likeness (QED) is 0.670. The molecular weight excluding hydrogens is 290 g/mol. The number of Topliss-reactive ketones (excluding diaryl/α,β-unsaturated/α-hetero) is 1. The average molecular weight is 325 g/mol. The molecule has 0 amide bonds. The zero-order valence-corrected chi connectivity index (χ0v) is 15.3. The molecule has 0 N–H and O–H groups in total. The van der Waals surface area contributed by atoms with Crippen LogP contribution in [0.2, 0.25) is 0 Å². The van der Waals surface area contributed by atoms with Crippen molar-refractivity contribution in [2.24, 2.45) is 11.8 Å². The van der Waals surface area contributed by atoms with Crippen molar-refractivity contribution in [1.82, 2.24) is 14.7 Å². The predicted octanol–water partition coefficient (Wildman–Crippen LogP) is 1.19. The number of carbonyl (C=O) groups is 1. The number of likely N-dealkylation sites (tertiary alicyclic amines) is 1. The highest BCUT2D eigenvalue weighted by molar-refractivity contribution is 5.82. The highest BCUT2D eigenvalue weighted by Crippen LogP contribution is 2.19. The molecule has 0 aromatic heterocycles. The fourth-order valence-electron chi connectivity index (χ4n) is 3.51. The Morgan fingerprint density at radius 2 is 1.61 bits per heavy atom. The number of rotatable bonds is 8. The Morgan fingerprint density at radius 3 is 2.17 bits per heavy atom. The normalized spacial score (nSPS) is 22.8. The average Bonchev–Trinajstić information content (AvgIpc) is 2.56. The van der Waals surface area contributed by atoms with Crippen molar-refractivity contribution in [2.75, 3.05) is 72.6 Å². The van der Waals surface area contributed by atoms with E-state index in [0.29, 0.717) is 12.3 Å². The molecule has 0 radical (unpaired) electrons. The van der Waals surface area contributed by atoms with E-state index in [4.69, 9.17) is 4.74 Å². The van der Waals surface area contributed by atoms with Gasteiger partial charge >= 0.3 is 0 Å². The predicted molar refractivity (Wildman–Crippen MR) is 93.8 cm³/mol. The Morgan fingerprint density at radius 1 is 1.00 bits per heavy atom. The van der Waals surface area contributed by atoms with Crippen molar-refractivity contribution in [3.63, 3.8) is 0 Å². The summed E-state index contributed by atoms with van der Waals surface area (Å²) in [6.07, 6.45) is 2.49. The molecular formula is C18H35N3O2. The highest BCUT2D eigenvalue weighted by atomic mass is 16.5. The van der Waals surface area contributed by atoms with Crippen LogP contribution in [0, 0.1) is 11.8 Å². The van der Waals surface area contributed by atoms with Crippen molar-refractivity contribution in [1.29, 1.82) is 0 Å². The second kappa shape index (κ2) is 9.72. The second-order valence-corrected chi connectivity index (χ2v) is 7.48. The lowest BCUT2D eigenvalue weighted by atomic mass is 9.95. The molecule has 0 bridgehead atoms. The SMILES string of the molecule is COCCN1CCN(CC2CCN(CC(=O)C(C)C)CC2)CC1. The van der Waals surface area contributed by atoms with Gasteiger partial charge in [-0.1, -0.05) is 13.8 Å². The summed E-state index contributed by atoms with van der Waals surface area (Å²) in [5.41, 5.74) is 0. The van der Waals surface area contributed by atoms with E-state index in [2.05, 4.69) is 14.7 Å². The van der Waals surface area contributed by atoms with Crippen LogP contribution in [0.15, 0.2) is 0 Å². The molecule has 0 aromatic rings. The molecule has 2 aliphatic heterocycles. The first kappa shape index (κ1) is 18.8. The maximum absolute atomic E-state index is 11.9. The number of ketones is 1. The molecule has 2 saturated heterocycles. The van der Waals surface area contributed by atoms with Crippen LogP contribution in [0.3, 0.4) is 0 Å². The van der Waals surface area contributed by atoms with Gasteiger partial charge in [0.15, 0.2) is 0 Å². The molecule has 23 heavy (non-hydrogen) atoms. The number of methoxy groups -OCH3 is 1. The number of piperidine rings is 1. The van der Waals surface area contributed by atoms with Gasteiger partial charge in [-0.05, 0) is 31.8 Å². The van der Waals surface area contributed by atoms with Gasteiger partial charge in [-0.25, -0.2) is 0 Å². The molecule has 134 valence electrons. The molecule has 0 aromatic carbocycles. The zero-order valence-electron chi connectivity index (χ0n) is 15.3. The summed E-state index contributed by atoms with van der Waals surface area (Å²) >= 11 is 0. The van der Waals surface area contributed by atoms with Crippen LogP contribution in [0.1, 0.15) is 26.7 Å². The summed E-state index contributed by atoms with van der Waals surface area (Å²) in [6.45, 7) is 14.7. The smallest absolute Gasteiger partial charge is 0.149 e. The van der Waals surface area contributed by atoms with E-state index in [9.17, 15) is 4.79 Å². The molecule has 0 atom stereocenters. The maximum atomic E-state index is 11.9. The Labute approximate surface area is 141 Å². The minimum atomic E-state index is 0.169. The Bertz CT molecular complexity index is 346. The third-order valence-electron chi connectivity index (χ3n) is 5.32. The van der Waals surface area contributed by atoms with Crippen LogP contribution in [-0.2, 0) is 9.53 Å². The van der Waals surface area contributed by atoms with Gasteiger partial charge in [0.2, 0.25) is 0 Å². The Hall–Kier alpha value is -0.490. The van der Waals surface area contributed by atoms with E-state index in [0.717, 1.165) is 32.2 Å². The largest absolute Gasteiger partial charge is 0.383 e. The minimum Gasteiger partial charge on any atom is -0.383 e. The number of ether oxygens (including phenoxy) is 1. The van der Waals surface area contributed by atoms with Crippen LogP contribution in [0.4, 0.5) is 0 Å². The summed E-state index contributed by atoms with van der Waals surface area (Å²) in [5, 5.41) is 0. The topological polar surface area (TPSA) is 36.0 Å². The van der Waals surface area contributed by atoms with Gasteiger partial charge in [0.1, 0.15) is 5.78 Å². The fraction of sp³-hybridized carbons (Fsp3) is 0.944. The monoisotopic (exact) mass is 325 g/mol. The van der Waals surface area contributed by atoms with Gasteiger partial charge in [0, 0.05) is 52.3 Å². The van der Waals surface area contributed by atoms with Crippen molar-refractivity contribution >= 4 is 5.78 Å². The fourth-order valence-corrected chi connectivity index (χ4v) is 3.51. The Balaban J connectivity index is 1.61. The van der Waals surface area contributed by atoms with Gasteiger partial charge < -0.3 is 9.64 Å². The van der Waals surface area contributed by atoms with Gasteiger partial charge in [0.25, 0.3) is 0 Å². The third-order valence-corrected chi connectivity index (χ3v) is 5.32. The summed E-state index contributed by atoms with van der Waals surface area (Å²) in [6, 6.07) is 0. The zero-order chi connectivity index (χ0) is 16.7. The van der Waals surface area contributed by atoms with E-state index >= 15 is 0 Å². The molecule has 0 saturated carbocycles. The van der Waals surface area contributed by atoms with Crippen LogP contribution >= 0.6 is 0 Å². The molecule has 2 fully saturated rings. The first-order valence-corrected chi connectivity index (χ1v) is 9.27. The lowest BCUT2D eigenvalue weighted by molar-refractivity contribution is -0.123. The van der Waals surface area contributed by atoms with Gasteiger partial charge in [-0.15, -0.1) is 0 Å². The van der Waals surface area contributed by atoms with E-state index < -0.39 is 0 Å². The molecule has 2 rings (SSSR count). The van der Waals surface area contributed by atoms with Crippen molar-refractivity contribution in [3.8, 4) is 0 Å². The van der Waals surface area contributed by atoms with E-state index in [1.165, 1.54) is 45.6 Å². The standard InChI is InChI=1S/C18H35N3O2/c1-16(2)18(22)15-20-6-4-17(5-7-20)14-21-10-8-19(9-11-21)12-13-23-3/h16-17H,4-15H2,1-3H3. The van der Waals surface area contributed by atoms with Crippen LogP contribution in [-0.4, -0.2) is 93.1 Å². The summed E-state index contributed by atoms with van der Waals surface area (Å²) in [5.74, 6) is 1.36. The molecule has 5 heteroatoms. The number of hydrogen-bond donors (Lipinski definition) is 0. The number of carbonyl (C=O) groups excluding carboxylic acids is 1. The van der Waals surface area contributed by atoms with Gasteiger partial charge in [-0.3, -0.25) is 14.6 Å². The first-order valence-electron chi connectivity index (χ1n) is 9.27. The van der Waals surface area contributed by atoms with Crippen LogP contribution in [0.5, 0.6) is 0 Å². The molecule has 0 spiro atoms. The van der Waals surface area contributed by atoms with Crippen LogP contribution in [0.25, 0.3) is 0 Å².